The Morgan fingerprint density at radius 2 is 1.35 bits per heavy atom. The second kappa shape index (κ2) is 26.6. The summed E-state index contributed by atoms with van der Waals surface area (Å²) in [6, 6.07) is 0.839. The van der Waals surface area contributed by atoms with Crippen LogP contribution in [0, 0.1) is 5.92 Å². The lowest BCUT2D eigenvalue weighted by atomic mass is 9.94. The zero-order valence-electron chi connectivity index (χ0n) is 26.9. The first-order chi connectivity index (χ1) is 19.5. The van der Waals surface area contributed by atoms with Gasteiger partial charge < -0.3 is 14.7 Å². The normalized spacial score (nSPS) is 17.7. The molecule has 1 heterocycles. The van der Waals surface area contributed by atoms with Gasteiger partial charge in [0.1, 0.15) is 6.10 Å². The van der Waals surface area contributed by atoms with Gasteiger partial charge in [0.05, 0.1) is 0 Å². The maximum Gasteiger partial charge on any atom is 0.506 e. The van der Waals surface area contributed by atoms with Crippen LogP contribution in [0.2, 0.25) is 0 Å². The molecule has 234 valence electrons. The third-order valence-corrected chi connectivity index (χ3v) is 8.88. The number of likely N-dealkylation sites (tertiary alicyclic amines) is 1. The van der Waals surface area contributed by atoms with Gasteiger partial charge in [-0.3, -0.25) is 0 Å². The van der Waals surface area contributed by atoms with E-state index < -0.39 is 6.16 Å². The van der Waals surface area contributed by atoms with Gasteiger partial charge in [-0.2, -0.15) is 0 Å². The molecule has 0 bridgehead atoms. The Bertz CT molecular complexity index is 632. The standard InChI is InChI=1S/C36H67NO3/c1-4-5-6-7-8-9-10-11-12-13-14-15-16-20-23-28-35(40-36(38)39)29-24-21-18-17-19-22-26-33(2)30-31-34-27-25-32-37(34)3/h8-9,11-12,33-35H,4-7,10,13-32H2,1-3H3,(H,38,39). The van der Waals surface area contributed by atoms with Gasteiger partial charge in [-0.25, -0.2) is 4.79 Å². The van der Waals surface area contributed by atoms with Crippen molar-refractivity contribution in [1.82, 2.24) is 4.90 Å². The number of carboxylic acid groups (broad SMARTS) is 1. The highest BCUT2D eigenvalue weighted by Crippen LogP contribution is 2.24. The largest absolute Gasteiger partial charge is 0.506 e. The van der Waals surface area contributed by atoms with Crippen molar-refractivity contribution in [2.45, 2.75) is 180 Å². The monoisotopic (exact) mass is 562 g/mol. The van der Waals surface area contributed by atoms with E-state index in [4.69, 9.17) is 9.84 Å². The van der Waals surface area contributed by atoms with E-state index in [9.17, 15) is 4.79 Å². The maximum absolute atomic E-state index is 11.1. The summed E-state index contributed by atoms with van der Waals surface area (Å²) < 4.78 is 5.21. The Kier molecular flexibility index (Phi) is 24.4. The van der Waals surface area contributed by atoms with Gasteiger partial charge in [0.25, 0.3) is 0 Å². The highest BCUT2D eigenvalue weighted by Gasteiger charge is 2.20. The molecule has 4 nitrogen and oxygen atoms in total. The number of allylic oxidation sites excluding steroid dienone is 4. The van der Waals surface area contributed by atoms with Crippen LogP contribution in [-0.2, 0) is 4.74 Å². The number of carbonyl (C=O) groups is 1. The summed E-state index contributed by atoms with van der Waals surface area (Å²) in [6.45, 7) is 5.98. The van der Waals surface area contributed by atoms with Crippen LogP contribution in [-0.4, -0.2) is 41.9 Å². The molecule has 3 unspecified atom stereocenters. The molecular weight excluding hydrogens is 494 g/mol. The third-order valence-electron chi connectivity index (χ3n) is 8.88. The number of rotatable bonds is 27. The van der Waals surface area contributed by atoms with Crippen LogP contribution in [0.15, 0.2) is 24.3 Å². The summed E-state index contributed by atoms with van der Waals surface area (Å²) in [4.78, 5) is 13.7. The molecule has 3 atom stereocenters. The van der Waals surface area contributed by atoms with Gasteiger partial charge >= 0.3 is 6.16 Å². The van der Waals surface area contributed by atoms with Crippen LogP contribution < -0.4 is 0 Å². The fourth-order valence-corrected chi connectivity index (χ4v) is 6.13. The van der Waals surface area contributed by atoms with Crippen LogP contribution in [0.4, 0.5) is 4.79 Å². The van der Waals surface area contributed by atoms with Crippen molar-refractivity contribution in [2.75, 3.05) is 13.6 Å². The molecule has 0 amide bonds. The summed E-state index contributed by atoms with van der Waals surface area (Å²) in [5.74, 6) is 0.858. The Morgan fingerprint density at radius 3 is 1.90 bits per heavy atom. The predicted octanol–water partition coefficient (Wildman–Crippen LogP) is 11.5. The Hall–Kier alpha value is -1.29. The number of hydrogen-bond donors (Lipinski definition) is 1. The van der Waals surface area contributed by atoms with Crippen LogP contribution in [0.5, 0.6) is 0 Å². The van der Waals surface area contributed by atoms with Crippen LogP contribution in [0.3, 0.4) is 0 Å². The quantitative estimate of drug-likeness (QED) is 0.0615. The molecule has 0 aromatic rings. The van der Waals surface area contributed by atoms with Crippen LogP contribution >= 0.6 is 0 Å². The Labute approximate surface area is 249 Å². The van der Waals surface area contributed by atoms with Gasteiger partial charge in [-0.05, 0) is 103 Å². The lowest BCUT2D eigenvalue weighted by Crippen LogP contribution is -2.25. The fourth-order valence-electron chi connectivity index (χ4n) is 6.13. The molecule has 0 saturated carbocycles. The first-order valence-electron chi connectivity index (χ1n) is 17.4. The van der Waals surface area contributed by atoms with E-state index in [2.05, 4.69) is 50.1 Å². The molecule has 0 radical (unpaired) electrons. The average Bonchev–Trinajstić information content (AvgIpc) is 3.35. The number of hydrogen-bond acceptors (Lipinski definition) is 3. The van der Waals surface area contributed by atoms with Crippen molar-refractivity contribution >= 4 is 6.16 Å². The number of ether oxygens (including phenoxy) is 1. The first-order valence-corrected chi connectivity index (χ1v) is 17.4. The Balaban J connectivity index is 1.95. The molecule has 0 aromatic carbocycles. The summed E-state index contributed by atoms with van der Waals surface area (Å²) in [5.41, 5.74) is 0. The molecule has 0 aliphatic carbocycles. The molecule has 1 fully saturated rings. The molecule has 1 rings (SSSR count). The molecule has 1 aliphatic heterocycles. The van der Waals surface area contributed by atoms with Gasteiger partial charge in [0, 0.05) is 6.04 Å². The lowest BCUT2D eigenvalue weighted by molar-refractivity contribution is 0.0422. The number of nitrogens with zero attached hydrogens (tertiary/aromatic N) is 1. The second-order valence-electron chi connectivity index (χ2n) is 12.7. The van der Waals surface area contributed by atoms with Crippen molar-refractivity contribution in [1.29, 1.82) is 0 Å². The molecule has 40 heavy (non-hydrogen) atoms. The lowest BCUT2D eigenvalue weighted by Gasteiger charge is -2.21. The molecule has 0 spiro atoms. The van der Waals surface area contributed by atoms with Gasteiger partial charge in [0.15, 0.2) is 0 Å². The van der Waals surface area contributed by atoms with Gasteiger partial charge in [-0.15, -0.1) is 0 Å². The SMILES string of the molecule is CCCCCC=CCC=CCCCCCCCC(CCCCCCCCC(C)CCC1CCCN1C)OC(=O)O. The maximum atomic E-state index is 11.1. The average molecular weight is 562 g/mol. The van der Waals surface area contributed by atoms with E-state index in [-0.39, 0.29) is 6.10 Å². The second-order valence-corrected chi connectivity index (χ2v) is 12.7. The zero-order chi connectivity index (χ0) is 29.1. The topological polar surface area (TPSA) is 49.8 Å². The summed E-state index contributed by atoms with van der Waals surface area (Å²) in [7, 11) is 2.29. The summed E-state index contributed by atoms with van der Waals surface area (Å²) in [5, 5.41) is 9.13. The van der Waals surface area contributed by atoms with Gasteiger partial charge in [0.2, 0.25) is 0 Å². The van der Waals surface area contributed by atoms with Crippen LogP contribution in [0.1, 0.15) is 168 Å². The summed E-state index contributed by atoms with van der Waals surface area (Å²) in [6.07, 6.45) is 37.7. The molecule has 0 aromatic heterocycles. The molecule has 1 N–H and O–H groups in total. The van der Waals surface area contributed by atoms with E-state index in [1.807, 2.05) is 0 Å². The molecular formula is C36H67NO3. The van der Waals surface area contributed by atoms with E-state index in [0.717, 1.165) is 44.1 Å². The van der Waals surface area contributed by atoms with Crippen molar-refractivity contribution < 1.29 is 14.6 Å². The zero-order valence-corrected chi connectivity index (χ0v) is 26.9. The first kappa shape index (κ1) is 36.7. The van der Waals surface area contributed by atoms with E-state index >= 15 is 0 Å². The van der Waals surface area contributed by atoms with E-state index in [0.29, 0.717) is 0 Å². The predicted molar refractivity (Wildman–Crippen MR) is 173 cm³/mol. The van der Waals surface area contributed by atoms with Crippen molar-refractivity contribution in [3.05, 3.63) is 24.3 Å². The third kappa shape index (κ3) is 22.4. The highest BCUT2D eigenvalue weighted by atomic mass is 16.7. The van der Waals surface area contributed by atoms with E-state index in [1.54, 1.807) is 0 Å². The minimum Gasteiger partial charge on any atom is -0.450 e. The Morgan fingerprint density at radius 1 is 0.800 bits per heavy atom. The minimum atomic E-state index is -1.11. The molecule has 1 aliphatic rings. The molecule has 4 heteroatoms. The van der Waals surface area contributed by atoms with Gasteiger partial charge in [-0.1, -0.05) is 109 Å². The highest BCUT2D eigenvalue weighted by molar-refractivity contribution is 5.57. The smallest absolute Gasteiger partial charge is 0.450 e. The van der Waals surface area contributed by atoms with E-state index in [1.165, 1.54) is 129 Å². The molecule has 1 saturated heterocycles. The van der Waals surface area contributed by atoms with Crippen LogP contribution in [0.25, 0.3) is 0 Å². The number of unbranched alkanes of at least 4 members (excludes halogenated alkanes) is 13. The van der Waals surface area contributed by atoms with Crippen molar-refractivity contribution in [2.24, 2.45) is 5.92 Å². The summed E-state index contributed by atoms with van der Waals surface area (Å²) >= 11 is 0. The van der Waals surface area contributed by atoms with Crippen molar-refractivity contribution in [3.8, 4) is 0 Å². The fraction of sp³-hybridized carbons (Fsp3) is 0.861. The van der Waals surface area contributed by atoms with Crippen molar-refractivity contribution in [3.63, 3.8) is 0 Å². The minimum absolute atomic E-state index is 0.116.